The minimum absolute atomic E-state index is 0.191. The molecule has 0 fully saturated rings. The van der Waals surface area contributed by atoms with Gasteiger partial charge in [0.1, 0.15) is 0 Å². The molecule has 2 atom stereocenters. The summed E-state index contributed by atoms with van der Waals surface area (Å²) >= 11 is 0. The number of aliphatic hydroxyl groups excluding tert-OH is 1. The lowest BCUT2D eigenvalue weighted by atomic mass is 9.78. The van der Waals surface area contributed by atoms with E-state index in [0.717, 1.165) is 12.0 Å². The average Bonchev–Trinajstić information content (AvgIpc) is 1.92. The molecule has 1 aliphatic rings. The molecule has 0 amide bonds. The van der Waals surface area contributed by atoms with Crippen LogP contribution in [-0.2, 0) is 0 Å². The quantitative estimate of drug-likeness (QED) is 0.585. The van der Waals surface area contributed by atoms with Gasteiger partial charge in [0, 0.05) is 0 Å². The van der Waals surface area contributed by atoms with Gasteiger partial charge in [0.15, 0.2) is 0 Å². The van der Waals surface area contributed by atoms with Crippen LogP contribution in [0.2, 0.25) is 0 Å². The second-order valence-electron chi connectivity index (χ2n) is 4.29. The zero-order chi connectivity index (χ0) is 9.35. The van der Waals surface area contributed by atoms with E-state index in [4.69, 9.17) is 0 Å². The van der Waals surface area contributed by atoms with Crippen molar-refractivity contribution in [3.8, 4) is 0 Å². The first-order valence-corrected chi connectivity index (χ1v) is 4.48. The molecular weight excluding hydrogens is 152 g/mol. The van der Waals surface area contributed by atoms with E-state index in [-0.39, 0.29) is 12.0 Å². The van der Waals surface area contributed by atoms with Gasteiger partial charge in [-0.05, 0) is 45.1 Å². The molecule has 0 bridgehead atoms. The van der Waals surface area contributed by atoms with Crippen LogP contribution in [0.3, 0.4) is 0 Å². The Bertz CT molecular complexity index is 189. The molecule has 0 radical (unpaired) electrons. The van der Waals surface area contributed by atoms with Crippen molar-refractivity contribution in [3.63, 3.8) is 0 Å². The molecule has 0 saturated carbocycles. The molecular formula is C10H18O2. The van der Waals surface area contributed by atoms with Crippen molar-refractivity contribution < 1.29 is 10.2 Å². The molecule has 0 aromatic heterocycles. The summed E-state index contributed by atoms with van der Waals surface area (Å²) in [6, 6.07) is 0. The van der Waals surface area contributed by atoms with Crippen LogP contribution in [-0.4, -0.2) is 21.9 Å². The molecule has 0 saturated heterocycles. The first-order valence-electron chi connectivity index (χ1n) is 4.48. The van der Waals surface area contributed by atoms with Crippen LogP contribution in [0.15, 0.2) is 11.6 Å². The maximum Gasteiger partial charge on any atom is 0.0751 e. The zero-order valence-electron chi connectivity index (χ0n) is 8.04. The van der Waals surface area contributed by atoms with E-state index in [1.807, 2.05) is 13.0 Å². The van der Waals surface area contributed by atoms with Crippen molar-refractivity contribution in [2.45, 2.75) is 45.3 Å². The number of allylic oxidation sites excluding steroid dienone is 1. The second-order valence-corrected chi connectivity index (χ2v) is 4.29. The zero-order valence-corrected chi connectivity index (χ0v) is 8.04. The third-order valence-electron chi connectivity index (χ3n) is 2.76. The van der Waals surface area contributed by atoms with E-state index in [1.54, 1.807) is 13.8 Å². The van der Waals surface area contributed by atoms with E-state index < -0.39 is 5.60 Å². The molecule has 70 valence electrons. The number of rotatable bonds is 1. The van der Waals surface area contributed by atoms with Crippen molar-refractivity contribution in [1.29, 1.82) is 0 Å². The summed E-state index contributed by atoms with van der Waals surface area (Å²) in [4.78, 5) is 0. The smallest absolute Gasteiger partial charge is 0.0751 e. The fraction of sp³-hybridized carbons (Fsp3) is 0.800. The molecule has 0 heterocycles. The SMILES string of the molecule is CC1=CC[C@@H](C(C)(C)O)C[C@@H]1O. The van der Waals surface area contributed by atoms with Crippen LogP contribution in [0.1, 0.15) is 33.6 Å². The fourth-order valence-corrected chi connectivity index (χ4v) is 1.59. The average molecular weight is 170 g/mol. The lowest BCUT2D eigenvalue weighted by Gasteiger charge is -2.33. The summed E-state index contributed by atoms with van der Waals surface area (Å²) in [6.45, 7) is 5.54. The predicted molar refractivity (Wildman–Crippen MR) is 48.8 cm³/mol. The van der Waals surface area contributed by atoms with Gasteiger partial charge in [0.2, 0.25) is 0 Å². The molecule has 1 aliphatic carbocycles. The number of hydrogen-bond acceptors (Lipinski definition) is 2. The van der Waals surface area contributed by atoms with Crippen molar-refractivity contribution >= 4 is 0 Å². The van der Waals surface area contributed by atoms with E-state index in [0.29, 0.717) is 6.42 Å². The maximum atomic E-state index is 9.71. The molecule has 2 N–H and O–H groups in total. The van der Waals surface area contributed by atoms with Crippen LogP contribution >= 0.6 is 0 Å². The Hall–Kier alpha value is -0.340. The van der Waals surface area contributed by atoms with Crippen LogP contribution in [0.4, 0.5) is 0 Å². The monoisotopic (exact) mass is 170 g/mol. The van der Waals surface area contributed by atoms with Gasteiger partial charge in [0.25, 0.3) is 0 Å². The summed E-state index contributed by atoms with van der Waals surface area (Å²) in [5.41, 5.74) is 0.369. The predicted octanol–water partition coefficient (Wildman–Crippen LogP) is 1.47. The highest BCUT2D eigenvalue weighted by atomic mass is 16.3. The van der Waals surface area contributed by atoms with Crippen LogP contribution < -0.4 is 0 Å². The minimum Gasteiger partial charge on any atom is -0.390 e. The Balaban J connectivity index is 2.65. The highest BCUT2D eigenvalue weighted by molar-refractivity contribution is 5.10. The molecule has 0 unspecified atom stereocenters. The molecule has 0 spiro atoms. The fourth-order valence-electron chi connectivity index (χ4n) is 1.59. The minimum atomic E-state index is -0.668. The van der Waals surface area contributed by atoms with Crippen molar-refractivity contribution in [1.82, 2.24) is 0 Å². The molecule has 0 aliphatic heterocycles. The van der Waals surface area contributed by atoms with Crippen LogP contribution in [0.5, 0.6) is 0 Å². The van der Waals surface area contributed by atoms with Gasteiger partial charge < -0.3 is 10.2 Å². The lowest BCUT2D eigenvalue weighted by molar-refractivity contribution is -0.00548. The molecule has 2 nitrogen and oxygen atoms in total. The first kappa shape index (κ1) is 9.75. The number of hydrogen-bond donors (Lipinski definition) is 2. The van der Waals surface area contributed by atoms with Gasteiger partial charge in [-0.3, -0.25) is 0 Å². The molecule has 12 heavy (non-hydrogen) atoms. The van der Waals surface area contributed by atoms with Gasteiger partial charge in [-0.15, -0.1) is 0 Å². The summed E-state index contributed by atoms with van der Waals surface area (Å²) in [6.07, 6.45) is 3.24. The molecule has 0 aromatic rings. The van der Waals surface area contributed by atoms with E-state index in [2.05, 4.69) is 0 Å². The third-order valence-corrected chi connectivity index (χ3v) is 2.76. The lowest BCUT2D eigenvalue weighted by Crippen LogP contribution is -2.35. The van der Waals surface area contributed by atoms with Crippen LogP contribution in [0.25, 0.3) is 0 Å². The van der Waals surface area contributed by atoms with E-state index in [9.17, 15) is 10.2 Å². The molecule has 0 aromatic carbocycles. The Morgan fingerprint density at radius 3 is 2.50 bits per heavy atom. The Morgan fingerprint density at radius 2 is 2.08 bits per heavy atom. The Morgan fingerprint density at radius 1 is 1.50 bits per heavy atom. The van der Waals surface area contributed by atoms with Gasteiger partial charge in [0.05, 0.1) is 11.7 Å². The highest BCUT2D eigenvalue weighted by Gasteiger charge is 2.30. The standard InChI is InChI=1S/C10H18O2/c1-7-4-5-8(6-9(7)11)10(2,3)12/h4,8-9,11-12H,5-6H2,1-3H3/t8-,9+/m1/s1. The molecule has 1 rings (SSSR count). The Kier molecular flexibility index (Phi) is 2.59. The van der Waals surface area contributed by atoms with E-state index >= 15 is 0 Å². The summed E-state index contributed by atoms with van der Waals surface area (Å²) in [7, 11) is 0. The van der Waals surface area contributed by atoms with E-state index in [1.165, 1.54) is 0 Å². The Labute approximate surface area is 73.9 Å². The molecule has 2 heteroatoms. The highest BCUT2D eigenvalue weighted by Crippen LogP contribution is 2.31. The second kappa shape index (κ2) is 3.19. The van der Waals surface area contributed by atoms with Crippen LogP contribution in [0, 0.1) is 5.92 Å². The maximum absolute atomic E-state index is 9.71. The summed E-state index contributed by atoms with van der Waals surface area (Å²) < 4.78 is 0. The van der Waals surface area contributed by atoms with Crippen molar-refractivity contribution in [2.75, 3.05) is 0 Å². The van der Waals surface area contributed by atoms with Crippen molar-refractivity contribution in [3.05, 3.63) is 11.6 Å². The number of aliphatic hydroxyl groups is 2. The largest absolute Gasteiger partial charge is 0.390 e. The van der Waals surface area contributed by atoms with Gasteiger partial charge in [-0.1, -0.05) is 6.08 Å². The van der Waals surface area contributed by atoms with Crippen molar-refractivity contribution in [2.24, 2.45) is 5.92 Å². The van der Waals surface area contributed by atoms with Gasteiger partial charge in [-0.25, -0.2) is 0 Å². The summed E-state index contributed by atoms with van der Waals surface area (Å²) in [5.74, 6) is 0.191. The van der Waals surface area contributed by atoms with Gasteiger partial charge >= 0.3 is 0 Å². The summed E-state index contributed by atoms with van der Waals surface area (Å²) in [5, 5.41) is 19.2. The topological polar surface area (TPSA) is 40.5 Å². The normalized spacial score (nSPS) is 31.6. The third kappa shape index (κ3) is 2.08. The first-order chi connectivity index (χ1) is 5.41. The van der Waals surface area contributed by atoms with Gasteiger partial charge in [-0.2, -0.15) is 0 Å².